The standard InChI is InChI=1S/C14H21BrN2/c1-10(11-4-2-6-13(15)8-11)17-14-7-3-5-12(14)9-16/h2,4,6,8,10,12,14,17H,3,5,7,9,16H2,1H3. The Morgan fingerprint density at radius 1 is 1.47 bits per heavy atom. The fourth-order valence-corrected chi connectivity index (χ4v) is 3.15. The van der Waals surface area contributed by atoms with Crippen LogP contribution in [0.2, 0.25) is 0 Å². The third-order valence-electron chi connectivity index (χ3n) is 3.77. The average molecular weight is 297 g/mol. The first kappa shape index (κ1) is 13.1. The fraction of sp³-hybridized carbons (Fsp3) is 0.571. The summed E-state index contributed by atoms with van der Waals surface area (Å²) < 4.78 is 1.14. The Bertz CT molecular complexity index is 367. The predicted octanol–water partition coefficient (Wildman–Crippen LogP) is 3.23. The number of halogens is 1. The molecule has 2 rings (SSSR count). The second-order valence-corrected chi connectivity index (χ2v) is 5.89. The van der Waals surface area contributed by atoms with E-state index in [4.69, 9.17) is 5.73 Å². The van der Waals surface area contributed by atoms with Gasteiger partial charge in [0.05, 0.1) is 0 Å². The summed E-state index contributed by atoms with van der Waals surface area (Å²) in [5, 5.41) is 3.72. The van der Waals surface area contributed by atoms with E-state index in [0.29, 0.717) is 18.0 Å². The van der Waals surface area contributed by atoms with Crippen LogP contribution in [0.15, 0.2) is 28.7 Å². The molecule has 0 saturated heterocycles. The van der Waals surface area contributed by atoms with Crippen molar-refractivity contribution in [2.75, 3.05) is 6.54 Å². The molecule has 2 nitrogen and oxygen atoms in total. The lowest BCUT2D eigenvalue weighted by atomic mass is 10.0. The van der Waals surface area contributed by atoms with E-state index in [2.05, 4.69) is 52.4 Å². The minimum absolute atomic E-state index is 0.393. The van der Waals surface area contributed by atoms with Crippen molar-refractivity contribution < 1.29 is 0 Å². The third-order valence-corrected chi connectivity index (χ3v) is 4.27. The highest BCUT2D eigenvalue weighted by molar-refractivity contribution is 9.10. The molecule has 1 aliphatic carbocycles. The summed E-state index contributed by atoms with van der Waals surface area (Å²) in [6.07, 6.45) is 3.85. The third kappa shape index (κ3) is 3.30. The number of rotatable bonds is 4. The topological polar surface area (TPSA) is 38.0 Å². The van der Waals surface area contributed by atoms with Gasteiger partial charge in [-0.25, -0.2) is 0 Å². The van der Waals surface area contributed by atoms with Gasteiger partial charge in [0.25, 0.3) is 0 Å². The molecule has 3 unspecified atom stereocenters. The molecular formula is C14H21BrN2. The number of benzene rings is 1. The van der Waals surface area contributed by atoms with Crippen LogP contribution >= 0.6 is 15.9 Å². The summed E-state index contributed by atoms with van der Waals surface area (Å²) >= 11 is 3.52. The first-order chi connectivity index (χ1) is 8.20. The van der Waals surface area contributed by atoms with Crippen molar-refractivity contribution >= 4 is 15.9 Å². The highest BCUT2D eigenvalue weighted by atomic mass is 79.9. The molecule has 3 N–H and O–H groups in total. The second-order valence-electron chi connectivity index (χ2n) is 4.98. The van der Waals surface area contributed by atoms with Crippen molar-refractivity contribution in [3.8, 4) is 0 Å². The molecule has 1 aliphatic rings. The van der Waals surface area contributed by atoms with Crippen molar-refractivity contribution in [2.45, 2.75) is 38.3 Å². The molecule has 0 heterocycles. The van der Waals surface area contributed by atoms with E-state index in [1.165, 1.54) is 24.8 Å². The van der Waals surface area contributed by atoms with Gasteiger partial charge in [-0.1, -0.05) is 34.5 Å². The van der Waals surface area contributed by atoms with E-state index in [-0.39, 0.29) is 0 Å². The summed E-state index contributed by atoms with van der Waals surface area (Å²) in [5.41, 5.74) is 7.15. The van der Waals surface area contributed by atoms with Crippen molar-refractivity contribution in [1.29, 1.82) is 0 Å². The lowest BCUT2D eigenvalue weighted by Crippen LogP contribution is -2.37. The second kappa shape index (κ2) is 5.98. The van der Waals surface area contributed by atoms with Gasteiger partial charge in [-0.3, -0.25) is 0 Å². The van der Waals surface area contributed by atoms with E-state index < -0.39 is 0 Å². The molecule has 3 atom stereocenters. The molecule has 0 aliphatic heterocycles. The highest BCUT2D eigenvalue weighted by Crippen LogP contribution is 2.27. The van der Waals surface area contributed by atoms with Gasteiger partial charge in [-0.15, -0.1) is 0 Å². The zero-order valence-corrected chi connectivity index (χ0v) is 11.9. The smallest absolute Gasteiger partial charge is 0.0294 e. The van der Waals surface area contributed by atoms with Crippen LogP contribution in [0.4, 0.5) is 0 Å². The molecule has 0 radical (unpaired) electrons. The average Bonchev–Trinajstić information content (AvgIpc) is 2.76. The minimum Gasteiger partial charge on any atom is -0.330 e. The van der Waals surface area contributed by atoms with Gasteiger partial charge >= 0.3 is 0 Å². The number of hydrogen-bond donors (Lipinski definition) is 2. The summed E-state index contributed by atoms with van der Waals surface area (Å²) in [7, 11) is 0. The molecule has 1 fully saturated rings. The quantitative estimate of drug-likeness (QED) is 0.895. The van der Waals surface area contributed by atoms with E-state index in [0.717, 1.165) is 11.0 Å². The molecule has 0 bridgehead atoms. The molecular weight excluding hydrogens is 276 g/mol. The van der Waals surface area contributed by atoms with Gasteiger partial charge < -0.3 is 11.1 Å². The first-order valence-corrected chi connectivity index (χ1v) is 7.21. The summed E-state index contributed by atoms with van der Waals surface area (Å²) in [5.74, 6) is 0.657. The number of hydrogen-bond acceptors (Lipinski definition) is 2. The van der Waals surface area contributed by atoms with Crippen LogP contribution in [-0.4, -0.2) is 12.6 Å². The molecule has 0 amide bonds. The number of nitrogens with one attached hydrogen (secondary N) is 1. The van der Waals surface area contributed by atoms with Crippen LogP contribution in [0.1, 0.15) is 37.8 Å². The summed E-state index contributed by atoms with van der Waals surface area (Å²) in [4.78, 5) is 0. The van der Waals surface area contributed by atoms with Gasteiger partial charge in [0, 0.05) is 16.6 Å². The zero-order valence-electron chi connectivity index (χ0n) is 10.3. The van der Waals surface area contributed by atoms with Crippen LogP contribution in [0, 0.1) is 5.92 Å². The van der Waals surface area contributed by atoms with Crippen LogP contribution < -0.4 is 11.1 Å². The zero-order chi connectivity index (χ0) is 12.3. The van der Waals surface area contributed by atoms with Gasteiger partial charge in [0.2, 0.25) is 0 Å². The molecule has 0 spiro atoms. The molecule has 1 aromatic rings. The fourth-order valence-electron chi connectivity index (χ4n) is 2.73. The predicted molar refractivity (Wildman–Crippen MR) is 75.9 cm³/mol. The maximum atomic E-state index is 5.82. The SMILES string of the molecule is CC(NC1CCCC1CN)c1cccc(Br)c1. The van der Waals surface area contributed by atoms with Gasteiger partial charge in [-0.2, -0.15) is 0 Å². The van der Waals surface area contributed by atoms with Gasteiger partial charge in [0.15, 0.2) is 0 Å². The van der Waals surface area contributed by atoms with Crippen molar-refractivity contribution in [2.24, 2.45) is 11.7 Å². The van der Waals surface area contributed by atoms with E-state index in [1.54, 1.807) is 0 Å². The van der Waals surface area contributed by atoms with Crippen molar-refractivity contribution in [3.05, 3.63) is 34.3 Å². The lowest BCUT2D eigenvalue weighted by molar-refractivity contribution is 0.373. The number of nitrogens with two attached hydrogens (primary N) is 1. The van der Waals surface area contributed by atoms with Crippen LogP contribution in [0.25, 0.3) is 0 Å². The maximum Gasteiger partial charge on any atom is 0.0294 e. The normalized spacial score (nSPS) is 26.1. The van der Waals surface area contributed by atoms with Gasteiger partial charge in [0.1, 0.15) is 0 Å². The Morgan fingerprint density at radius 2 is 2.29 bits per heavy atom. The maximum absolute atomic E-state index is 5.82. The summed E-state index contributed by atoms with van der Waals surface area (Å²) in [6.45, 7) is 3.04. The summed E-state index contributed by atoms with van der Waals surface area (Å²) in [6, 6.07) is 9.50. The highest BCUT2D eigenvalue weighted by Gasteiger charge is 2.27. The molecule has 94 valence electrons. The van der Waals surface area contributed by atoms with E-state index >= 15 is 0 Å². The Labute approximate surface area is 112 Å². The Balaban J connectivity index is 1.99. The molecule has 17 heavy (non-hydrogen) atoms. The Hall–Kier alpha value is -0.380. The molecule has 1 aromatic carbocycles. The Morgan fingerprint density at radius 3 is 3.00 bits per heavy atom. The minimum atomic E-state index is 0.393. The molecule has 0 aromatic heterocycles. The van der Waals surface area contributed by atoms with Gasteiger partial charge in [-0.05, 0) is 49.9 Å². The Kier molecular flexibility index (Phi) is 4.60. The molecule has 3 heteroatoms. The van der Waals surface area contributed by atoms with Crippen LogP contribution in [0.5, 0.6) is 0 Å². The van der Waals surface area contributed by atoms with Crippen LogP contribution in [-0.2, 0) is 0 Å². The molecule has 1 saturated carbocycles. The van der Waals surface area contributed by atoms with E-state index in [1.807, 2.05) is 0 Å². The van der Waals surface area contributed by atoms with Crippen molar-refractivity contribution in [3.63, 3.8) is 0 Å². The largest absolute Gasteiger partial charge is 0.330 e. The monoisotopic (exact) mass is 296 g/mol. The van der Waals surface area contributed by atoms with Crippen molar-refractivity contribution in [1.82, 2.24) is 5.32 Å². The lowest BCUT2D eigenvalue weighted by Gasteiger charge is -2.24. The van der Waals surface area contributed by atoms with Crippen LogP contribution in [0.3, 0.4) is 0 Å². The van der Waals surface area contributed by atoms with E-state index in [9.17, 15) is 0 Å². The first-order valence-electron chi connectivity index (χ1n) is 6.42.